The van der Waals surface area contributed by atoms with Gasteiger partial charge in [-0.25, -0.2) is 4.39 Å². The van der Waals surface area contributed by atoms with Crippen LogP contribution in [0.3, 0.4) is 0 Å². The molecule has 0 spiro atoms. The highest BCUT2D eigenvalue weighted by atomic mass is 79.9. The van der Waals surface area contributed by atoms with Crippen LogP contribution in [0, 0.1) is 11.7 Å². The summed E-state index contributed by atoms with van der Waals surface area (Å²) in [5, 5.41) is 12.1. The molecular formula is C15H19BrFNO2. The summed E-state index contributed by atoms with van der Waals surface area (Å²) in [7, 11) is 0. The molecule has 1 aromatic carbocycles. The van der Waals surface area contributed by atoms with E-state index < -0.39 is 0 Å². The van der Waals surface area contributed by atoms with Gasteiger partial charge in [0.05, 0.1) is 4.47 Å². The zero-order valence-corrected chi connectivity index (χ0v) is 12.8. The van der Waals surface area contributed by atoms with Crippen LogP contribution in [0.5, 0.6) is 0 Å². The summed E-state index contributed by atoms with van der Waals surface area (Å²) in [5.41, 5.74) is 0.915. The minimum absolute atomic E-state index is 0.0310. The van der Waals surface area contributed by atoms with Crippen LogP contribution in [0.15, 0.2) is 35.3 Å². The van der Waals surface area contributed by atoms with Crippen LogP contribution < -0.4 is 5.32 Å². The third-order valence-electron chi connectivity index (χ3n) is 2.93. The molecule has 110 valence electrons. The van der Waals surface area contributed by atoms with Gasteiger partial charge in [-0.3, -0.25) is 4.79 Å². The van der Waals surface area contributed by atoms with Crippen molar-refractivity contribution in [3.63, 3.8) is 0 Å². The van der Waals surface area contributed by atoms with E-state index in [1.165, 1.54) is 6.07 Å². The first-order valence-electron chi connectivity index (χ1n) is 6.49. The number of benzene rings is 1. The molecule has 0 saturated carbocycles. The van der Waals surface area contributed by atoms with E-state index in [1.807, 2.05) is 0 Å². The first-order valence-corrected chi connectivity index (χ1v) is 7.28. The Labute approximate surface area is 127 Å². The van der Waals surface area contributed by atoms with Gasteiger partial charge in [-0.05, 0) is 46.5 Å². The third-order valence-corrected chi connectivity index (χ3v) is 3.54. The van der Waals surface area contributed by atoms with Crippen molar-refractivity contribution in [1.82, 2.24) is 5.32 Å². The number of amides is 1. The standard InChI is InChI=1S/C15H19BrFNO2/c1-2-3-4-15(20)18-9-12(10-19)7-11-5-6-14(17)13(16)8-11/h2,5-6,8,12,19H,1,3-4,7,9-10H2,(H,18,20). The Kier molecular flexibility index (Phi) is 7.47. The number of halogens is 2. The molecular weight excluding hydrogens is 325 g/mol. The van der Waals surface area contributed by atoms with Gasteiger partial charge in [-0.15, -0.1) is 6.58 Å². The minimum Gasteiger partial charge on any atom is -0.396 e. The maximum Gasteiger partial charge on any atom is 0.220 e. The Morgan fingerprint density at radius 1 is 1.55 bits per heavy atom. The third kappa shape index (κ3) is 5.84. The van der Waals surface area contributed by atoms with Crippen molar-refractivity contribution in [3.8, 4) is 0 Å². The van der Waals surface area contributed by atoms with Crippen LogP contribution >= 0.6 is 15.9 Å². The quantitative estimate of drug-likeness (QED) is 0.713. The van der Waals surface area contributed by atoms with Gasteiger partial charge in [-0.2, -0.15) is 0 Å². The first kappa shape index (κ1) is 16.9. The highest BCUT2D eigenvalue weighted by Gasteiger charge is 2.11. The maximum atomic E-state index is 13.1. The lowest BCUT2D eigenvalue weighted by Gasteiger charge is -2.15. The molecule has 0 heterocycles. The molecule has 2 N–H and O–H groups in total. The number of carbonyl (C=O) groups is 1. The number of aliphatic hydroxyl groups is 1. The highest BCUT2D eigenvalue weighted by molar-refractivity contribution is 9.10. The second-order valence-corrected chi connectivity index (χ2v) is 5.49. The van der Waals surface area contributed by atoms with E-state index in [-0.39, 0.29) is 24.2 Å². The van der Waals surface area contributed by atoms with Crippen LogP contribution in [-0.2, 0) is 11.2 Å². The minimum atomic E-state index is -0.313. The largest absolute Gasteiger partial charge is 0.396 e. The van der Waals surface area contributed by atoms with Crippen molar-refractivity contribution in [1.29, 1.82) is 0 Å². The molecule has 0 aliphatic heterocycles. The molecule has 1 aromatic rings. The van der Waals surface area contributed by atoms with Crippen molar-refractivity contribution in [2.75, 3.05) is 13.2 Å². The number of allylic oxidation sites excluding steroid dienone is 1. The number of hydrogen-bond donors (Lipinski definition) is 2. The number of rotatable bonds is 8. The average Bonchev–Trinajstić information content (AvgIpc) is 2.44. The summed E-state index contributed by atoms with van der Waals surface area (Å²) >= 11 is 3.13. The van der Waals surface area contributed by atoms with Crippen LogP contribution in [0.2, 0.25) is 0 Å². The van der Waals surface area contributed by atoms with Gasteiger partial charge >= 0.3 is 0 Å². The second kappa shape index (κ2) is 8.87. The normalized spacial score (nSPS) is 11.9. The fourth-order valence-corrected chi connectivity index (χ4v) is 2.21. The van der Waals surface area contributed by atoms with Crippen LogP contribution in [-0.4, -0.2) is 24.2 Å². The molecule has 1 unspecified atom stereocenters. The fraction of sp³-hybridized carbons (Fsp3) is 0.400. The van der Waals surface area contributed by atoms with Crippen molar-refractivity contribution in [3.05, 3.63) is 46.7 Å². The van der Waals surface area contributed by atoms with Crippen molar-refractivity contribution in [2.45, 2.75) is 19.3 Å². The van der Waals surface area contributed by atoms with E-state index in [2.05, 4.69) is 27.8 Å². The van der Waals surface area contributed by atoms with Gasteiger partial charge in [-0.1, -0.05) is 12.1 Å². The molecule has 1 rings (SSSR count). The summed E-state index contributed by atoms with van der Waals surface area (Å²) in [6.07, 6.45) is 3.32. The predicted octanol–water partition coefficient (Wildman–Crippen LogP) is 2.82. The molecule has 0 bridgehead atoms. The lowest BCUT2D eigenvalue weighted by atomic mass is 10.00. The number of hydrogen-bond acceptors (Lipinski definition) is 2. The zero-order chi connectivity index (χ0) is 15.0. The predicted molar refractivity (Wildman–Crippen MR) is 80.8 cm³/mol. The van der Waals surface area contributed by atoms with Crippen LogP contribution in [0.25, 0.3) is 0 Å². The van der Waals surface area contributed by atoms with E-state index in [0.717, 1.165) is 5.56 Å². The Morgan fingerprint density at radius 3 is 2.90 bits per heavy atom. The van der Waals surface area contributed by atoms with Crippen molar-refractivity contribution >= 4 is 21.8 Å². The Bertz CT molecular complexity index is 465. The summed E-state index contributed by atoms with van der Waals surface area (Å²) < 4.78 is 13.5. The summed E-state index contributed by atoms with van der Waals surface area (Å²) in [4.78, 5) is 11.5. The monoisotopic (exact) mass is 343 g/mol. The molecule has 0 aromatic heterocycles. The molecule has 0 saturated heterocycles. The smallest absolute Gasteiger partial charge is 0.220 e. The molecule has 20 heavy (non-hydrogen) atoms. The van der Waals surface area contributed by atoms with Gasteiger partial charge < -0.3 is 10.4 Å². The lowest BCUT2D eigenvalue weighted by Crippen LogP contribution is -2.31. The maximum absolute atomic E-state index is 13.1. The van der Waals surface area contributed by atoms with Gasteiger partial charge in [0.15, 0.2) is 0 Å². The SMILES string of the molecule is C=CCCC(=O)NCC(CO)Cc1ccc(F)c(Br)c1. The highest BCUT2D eigenvalue weighted by Crippen LogP contribution is 2.18. The zero-order valence-electron chi connectivity index (χ0n) is 11.2. The lowest BCUT2D eigenvalue weighted by molar-refractivity contribution is -0.121. The Balaban J connectivity index is 2.48. The van der Waals surface area contributed by atoms with Crippen LogP contribution in [0.1, 0.15) is 18.4 Å². The van der Waals surface area contributed by atoms with E-state index in [4.69, 9.17) is 0 Å². The molecule has 3 nitrogen and oxygen atoms in total. The molecule has 0 fully saturated rings. The Morgan fingerprint density at radius 2 is 2.30 bits per heavy atom. The van der Waals surface area contributed by atoms with Crippen molar-refractivity contribution < 1.29 is 14.3 Å². The van der Waals surface area contributed by atoms with Gasteiger partial charge in [0.2, 0.25) is 5.91 Å². The fourth-order valence-electron chi connectivity index (χ4n) is 1.78. The van der Waals surface area contributed by atoms with E-state index in [1.54, 1.807) is 18.2 Å². The number of aliphatic hydroxyl groups excluding tert-OH is 1. The number of nitrogens with one attached hydrogen (secondary N) is 1. The summed E-state index contributed by atoms with van der Waals surface area (Å²) in [6.45, 7) is 3.93. The second-order valence-electron chi connectivity index (χ2n) is 4.63. The molecule has 0 aliphatic carbocycles. The number of carbonyl (C=O) groups excluding carboxylic acids is 1. The molecule has 0 radical (unpaired) electrons. The first-order chi connectivity index (χ1) is 9.56. The van der Waals surface area contributed by atoms with Gasteiger partial charge in [0, 0.05) is 25.5 Å². The van der Waals surface area contributed by atoms with E-state index >= 15 is 0 Å². The van der Waals surface area contributed by atoms with Crippen molar-refractivity contribution in [2.24, 2.45) is 5.92 Å². The van der Waals surface area contributed by atoms with Gasteiger partial charge in [0.1, 0.15) is 5.82 Å². The summed E-state index contributed by atoms with van der Waals surface area (Å²) in [6, 6.07) is 4.76. The van der Waals surface area contributed by atoms with Gasteiger partial charge in [0.25, 0.3) is 0 Å². The average molecular weight is 344 g/mol. The summed E-state index contributed by atoms with van der Waals surface area (Å²) in [5.74, 6) is -0.448. The Hall–Kier alpha value is -1.20. The van der Waals surface area contributed by atoms with E-state index in [0.29, 0.717) is 30.3 Å². The molecule has 1 atom stereocenters. The topological polar surface area (TPSA) is 49.3 Å². The van der Waals surface area contributed by atoms with E-state index in [9.17, 15) is 14.3 Å². The molecule has 0 aliphatic rings. The van der Waals surface area contributed by atoms with Crippen LogP contribution in [0.4, 0.5) is 4.39 Å². The molecule has 5 heteroatoms. The molecule has 1 amide bonds.